The number of pyridine rings is 1. The number of fused-ring (bicyclic) bond motifs is 1. The van der Waals surface area contributed by atoms with Gasteiger partial charge in [0.05, 0.1) is 0 Å². The van der Waals surface area contributed by atoms with E-state index < -0.39 is 0 Å². The molecule has 3 heterocycles. The Labute approximate surface area is 162 Å². The first-order chi connectivity index (χ1) is 12.9. The molecule has 5 heteroatoms. The molecule has 146 valence electrons. The summed E-state index contributed by atoms with van der Waals surface area (Å²) in [6.07, 6.45) is 8.63. The minimum Gasteiger partial charge on any atom is -0.342 e. The lowest BCUT2D eigenvalue weighted by Crippen LogP contribution is -2.44. The van der Waals surface area contributed by atoms with E-state index >= 15 is 0 Å². The van der Waals surface area contributed by atoms with E-state index in [0.29, 0.717) is 11.3 Å². The third-order valence-corrected chi connectivity index (χ3v) is 6.74. The van der Waals surface area contributed by atoms with E-state index in [0.717, 1.165) is 56.2 Å². The highest BCUT2D eigenvalue weighted by Crippen LogP contribution is 2.40. The summed E-state index contributed by atoms with van der Waals surface area (Å²) in [7, 11) is 0. The molecule has 2 aliphatic rings. The number of nitrogens with zero attached hydrogens (tertiary/aromatic N) is 4. The summed E-state index contributed by atoms with van der Waals surface area (Å²) in [6.45, 7) is 8.67. The van der Waals surface area contributed by atoms with Crippen LogP contribution in [0.3, 0.4) is 0 Å². The van der Waals surface area contributed by atoms with Crippen LogP contribution in [-0.4, -0.2) is 38.5 Å². The number of carbonyl (C=O) groups excluding carboxylic acids is 1. The van der Waals surface area contributed by atoms with Gasteiger partial charge in [-0.1, -0.05) is 26.8 Å². The maximum atomic E-state index is 13.2. The standard InChI is InChI=1S/C22H32N4O/c1-22(2,3)18-11-9-16(10-12-18)21(27)25-13-6-7-17(15-25)20-24-23-19-8-4-5-14-26(19)20/h4-5,8,14,16-18H,6-7,9-13,15H2,1-3H3/t16?,17-,18?/m0/s1. The topological polar surface area (TPSA) is 50.5 Å². The number of hydrogen-bond donors (Lipinski definition) is 0. The van der Waals surface area contributed by atoms with E-state index in [1.54, 1.807) is 0 Å². The first-order valence-corrected chi connectivity index (χ1v) is 10.5. The Morgan fingerprint density at radius 3 is 2.59 bits per heavy atom. The fourth-order valence-electron chi connectivity index (χ4n) is 4.99. The SMILES string of the molecule is CC(C)(C)C1CCC(C(=O)N2CCC[C@H](c3nnc4ccccn34)C2)CC1. The first kappa shape index (κ1) is 18.5. The molecule has 0 unspecified atom stereocenters. The Hall–Kier alpha value is -1.91. The Kier molecular flexibility index (Phi) is 4.95. The normalized spacial score (nSPS) is 27.1. The molecule has 27 heavy (non-hydrogen) atoms. The highest BCUT2D eigenvalue weighted by atomic mass is 16.2. The van der Waals surface area contributed by atoms with Crippen LogP contribution in [0.5, 0.6) is 0 Å². The van der Waals surface area contributed by atoms with Gasteiger partial charge in [-0.3, -0.25) is 9.20 Å². The van der Waals surface area contributed by atoms with Crippen LogP contribution in [0.15, 0.2) is 24.4 Å². The number of piperidine rings is 1. The zero-order chi connectivity index (χ0) is 19.0. The second-order valence-electron chi connectivity index (χ2n) is 9.53. The van der Waals surface area contributed by atoms with Gasteiger partial charge >= 0.3 is 0 Å². The fraction of sp³-hybridized carbons (Fsp3) is 0.682. The molecule has 1 atom stereocenters. The molecule has 0 N–H and O–H groups in total. The number of amides is 1. The maximum Gasteiger partial charge on any atom is 0.225 e. The van der Waals surface area contributed by atoms with E-state index in [-0.39, 0.29) is 11.8 Å². The lowest BCUT2D eigenvalue weighted by atomic mass is 9.69. The van der Waals surface area contributed by atoms with E-state index in [4.69, 9.17) is 0 Å². The molecule has 1 aliphatic heterocycles. The largest absolute Gasteiger partial charge is 0.342 e. The molecule has 2 aromatic heterocycles. The molecule has 5 nitrogen and oxygen atoms in total. The maximum absolute atomic E-state index is 13.2. The third-order valence-electron chi connectivity index (χ3n) is 6.74. The van der Waals surface area contributed by atoms with Crippen LogP contribution in [0.1, 0.15) is 71.0 Å². The summed E-state index contributed by atoms with van der Waals surface area (Å²) >= 11 is 0. The fourth-order valence-corrected chi connectivity index (χ4v) is 4.99. The summed E-state index contributed by atoms with van der Waals surface area (Å²) in [6, 6.07) is 5.98. The molecule has 2 aromatic rings. The third kappa shape index (κ3) is 3.74. The van der Waals surface area contributed by atoms with Crippen molar-refractivity contribution in [1.29, 1.82) is 0 Å². The van der Waals surface area contributed by atoms with Crippen molar-refractivity contribution in [3.8, 4) is 0 Å². The average Bonchev–Trinajstić information content (AvgIpc) is 3.11. The molecule has 0 aromatic carbocycles. The molecule has 1 saturated carbocycles. The summed E-state index contributed by atoms with van der Waals surface area (Å²) < 4.78 is 2.08. The van der Waals surface area contributed by atoms with Gasteiger partial charge in [-0.15, -0.1) is 10.2 Å². The zero-order valence-corrected chi connectivity index (χ0v) is 16.9. The molecule has 4 rings (SSSR count). The summed E-state index contributed by atoms with van der Waals surface area (Å²) in [5.41, 5.74) is 1.25. The zero-order valence-electron chi connectivity index (χ0n) is 16.9. The smallest absolute Gasteiger partial charge is 0.225 e. The quantitative estimate of drug-likeness (QED) is 0.795. The van der Waals surface area contributed by atoms with Gasteiger partial charge in [-0.25, -0.2) is 0 Å². The molecule has 2 fully saturated rings. The second kappa shape index (κ2) is 7.25. The Morgan fingerprint density at radius 1 is 1.07 bits per heavy atom. The van der Waals surface area contributed by atoms with Crippen LogP contribution in [0, 0.1) is 17.3 Å². The average molecular weight is 369 g/mol. The van der Waals surface area contributed by atoms with Crippen LogP contribution < -0.4 is 0 Å². The summed E-state index contributed by atoms with van der Waals surface area (Å²) in [5, 5.41) is 8.73. The predicted octanol–water partition coefficient (Wildman–Crippen LogP) is 4.29. The van der Waals surface area contributed by atoms with Crippen LogP contribution >= 0.6 is 0 Å². The highest BCUT2D eigenvalue weighted by Gasteiger charge is 2.36. The van der Waals surface area contributed by atoms with Gasteiger partial charge < -0.3 is 4.90 Å². The van der Waals surface area contributed by atoms with Crippen molar-refractivity contribution in [3.05, 3.63) is 30.2 Å². The number of likely N-dealkylation sites (tertiary alicyclic amines) is 1. The van der Waals surface area contributed by atoms with E-state index in [1.165, 1.54) is 12.8 Å². The highest BCUT2D eigenvalue weighted by molar-refractivity contribution is 5.79. The van der Waals surface area contributed by atoms with Gasteiger partial charge in [-0.2, -0.15) is 0 Å². The van der Waals surface area contributed by atoms with Gasteiger partial charge in [0.25, 0.3) is 0 Å². The van der Waals surface area contributed by atoms with E-state index in [9.17, 15) is 4.79 Å². The summed E-state index contributed by atoms with van der Waals surface area (Å²) in [5.74, 6) is 2.63. The van der Waals surface area contributed by atoms with Gasteiger partial charge in [0.15, 0.2) is 5.65 Å². The molecule has 0 radical (unpaired) electrons. The molecule has 1 saturated heterocycles. The Balaban J connectivity index is 1.42. The number of hydrogen-bond acceptors (Lipinski definition) is 3. The van der Waals surface area contributed by atoms with Crippen LogP contribution in [0.25, 0.3) is 5.65 Å². The molecule has 1 aliphatic carbocycles. The molecular formula is C22H32N4O. The van der Waals surface area contributed by atoms with Crippen LogP contribution in [0.2, 0.25) is 0 Å². The Morgan fingerprint density at radius 2 is 1.85 bits per heavy atom. The minimum absolute atomic E-state index is 0.220. The van der Waals surface area contributed by atoms with Crippen molar-refractivity contribution >= 4 is 11.6 Å². The second-order valence-corrected chi connectivity index (χ2v) is 9.53. The molecule has 0 spiro atoms. The lowest BCUT2D eigenvalue weighted by Gasteiger charge is -2.39. The van der Waals surface area contributed by atoms with Crippen LogP contribution in [0.4, 0.5) is 0 Å². The van der Waals surface area contributed by atoms with Gasteiger partial charge in [0.1, 0.15) is 5.82 Å². The molecular weight excluding hydrogens is 336 g/mol. The van der Waals surface area contributed by atoms with Crippen molar-refractivity contribution in [1.82, 2.24) is 19.5 Å². The van der Waals surface area contributed by atoms with Gasteiger partial charge in [0.2, 0.25) is 5.91 Å². The van der Waals surface area contributed by atoms with E-state index in [2.05, 4.69) is 40.3 Å². The van der Waals surface area contributed by atoms with Crippen LogP contribution in [-0.2, 0) is 4.79 Å². The first-order valence-electron chi connectivity index (χ1n) is 10.5. The van der Waals surface area contributed by atoms with E-state index in [1.807, 2.05) is 24.4 Å². The van der Waals surface area contributed by atoms with Crippen molar-refractivity contribution < 1.29 is 4.79 Å². The number of rotatable bonds is 2. The summed E-state index contributed by atoms with van der Waals surface area (Å²) in [4.78, 5) is 15.3. The van der Waals surface area contributed by atoms with Crippen molar-refractivity contribution in [2.45, 2.75) is 65.2 Å². The molecule has 0 bridgehead atoms. The van der Waals surface area contributed by atoms with Gasteiger partial charge in [-0.05, 0) is 62.0 Å². The van der Waals surface area contributed by atoms with Crippen molar-refractivity contribution in [3.63, 3.8) is 0 Å². The monoisotopic (exact) mass is 368 g/mol. The number of aromatic nitrogens is 3. The number of carbonyl (C=O) groups is 1. The minimum atomic E-state index is 0.220. The predicted molar refractivity (Wildman–Crippen MR) is 106 cm³/mol. The Bertz CT molecular complexity index is 798. The van der Waals surface area contributed by atoms with Crippen molar-refractivity contribution in [2.75, 3.05) is 13.1 Å². The lowest BCUT2D eigenvalue weighted by molar-refractivity contribution is -0.138. The van der Waals surface area contributed by atoms with Crippen molar-refractivity contribution in [2.24, 2.45) is 17.3 Å². The van der Waals surface area contributed by atoms with Gasteiger partial charge in [0, 0.05) is 31.1 Å². The molecule has 1 amide bonds.